The summed E-state index contributed by atoms with van der Waals surface area (Å²) in [5, 5.41) is 0.753. The number of rotatable bonds is 2. The summed E-state index contributed by atoms with van der Waals surface area (Å²) in [5.74, 6) is 1.88. The van der Waals surface area contributed by atoms with Crippen molar-refractivity contribution < 1.29 is 0 Å². The fourth-order valence-electron chi connectivity index (χ4n) is 5.68. The maximum atomic E-state index is 6.77. The summed E-state index contributed by atoms with van der Waals surface area (Å²) in [6.45, 7) is 3.93. The highest BCUT2D eigenvalue weighted by molar-refractivity contribution is 6.31. The van der Waals surface area contributed by atoms with Crippen LogP contribution in [0.3, 0.4) is 0 Å². The molecule has 2 aromatic heterocycles. The zero-order valence-electron chi connectivity index (χ0n) is 18.1. The summed E-state index contributed by atoms with van der Waals surface area (Å²) in [5.41, 5.74) is 12.8. The molecule has 2 aromatic carbocycles. The van der Waals surface area contributed by atoms with E-state index in [-0.39, 0.29) is 11.5 Å². The maximum Gasteiger partial charge on any atom is 0.154 e. The molecule has 0 unspecified atom stereocenters. The standard InChI is InChI=1S/C26H26ClN5/c1-17-19(7-4-8-21(17)27)24-30-16-22-25(29-11-14-32(22)24)31-12-9-26(10-13-31)15-18-5-2-3-6-20(18)23(26)28/h2-8,11,14,16,23H,9-10,12-13,15,28H2,1H3/t23-/m1/s1. The van der Waals surface area contributed by atoms with Crippen LogP contribution < -0.4 is 10.6 Å². The first-order valence-electron chi connectivity index (χ1n) is 11.2. The lowest BCUT2D eigenvalue weighted by Gasteiger charge is -2.42. The van der Waals surface area contributed by atoms with Gasteiger partial charge < -0.3 is 10.6 Å². The maximum absolute atomic E-state index is 6.77. The minimum atomic E-state index is 0.122. The Morgan fingerprint density at radius 3 is 2.69 bits per heavy atom. The number of nitrogens with zero attached hydrogens (tertiary/aromatic N) is 4. The van der Waals surface area contributed by atoms with E-state index < -0.39 is 0 Å². The first-order valence-corrected chi connectivity index (χ1v) is 11.6. The molecule has 162 valence electrons. The molecule has 1 aliphatic carbocycles. The third-order valence-corrected chi connectivity index (χ3v) is 8.01. The molecule has 1 fully saturated rings. The Kier molecular flexibility index (Phi) is 4.52. The van der Waals surface area contributed by atoms with Gasteiger partial charge in [0.25, 0.3) is 0 Å². The monoisotopic (exact) mass is 443 g/mol. The third-order valence-electron chi connectivity index (χ3n) is 7.60. The number of imidazole rings is 1. The van der Waals surface area contributed by atoms with E-state index in [4.69, 9.17) is 27.3 Å². The second-order valence-corrected chi connectivity index (χ2v) is 9.61. The SMILES string of the molecule is Cc1c(Cl)cccc1-c1ncc2c(N3CCC4(CC3)Cc3ccccc3[C@H]4N)nccn12. The Hall–Kier alpha value is -2.89. The minimum Gasteiger partial charge on any atom is -0.355 e. The fourth-order valence-corrected chi connectivity index (χ4v) is 5.85. The van der Waals surface area contributed by atoms with Crippen molar-refractivity contribution in [2.24, 2.45) is 11.1 Å². The Morgan fingerprint density at radius 1 is 1.06 bits per heavy atom. The van der Waals surface area contributed by atoms with E-state index in [0.29, 0.717) is 0 Å². The molecule has 2 N–H and O–H groups in total. The molecule has 1 atom stereocenters. The molecular formula is C26H26ClN5. The molecule has 0 amide bonds. The second-order valence-electron chi connectivity index (χ2n) is 9.20. The summed E-state index contributed by atoms with van der Waals surface area (Å²) in [6, 6.07) is 14.8. The van der Waals surface area contributed by atoms with Crippen molar-refractivity contribution in [1.82, 2.24) is 14.4 Å². The van der Waals surface area contributed by atoms with Crippen LogP contribution >= 0.6 is 11.6 Å². The van der Waals surface area contributed by atoms with Gasteiger partial charge in [-0.05, 0) is 54.4 Å². The van der Waals surface area contributed by atoms with Crippen LogP contribution in [-0.2, 0) is 6.42 Å². The molecule has 6 rings (SSSR count). The number of halogens is 1. The minimum absolute atomic E-state index is 0.122. The van der Waals surface area contributed by atoms with Gasteiger partial charge in [-0.1, -0.05) is 48.0 Å². The molecule has 0 bridgehead atoms. The summed E-state index contributed by atoms with van der Waals surface area (Å²) in [4.78, 5) is 11.9. The number of fused-ring (bicyclic) bond motifs is 2. The van der Waals surface area contributed by atoms with Gasteiger partial charge in [0.2, 0.25) is 0 Å². The predicted molar refractivity (Wildman–Crippen MR) is 129 cm³/mol. The Balaban J connectivity index is 1.31. The van der Waals surface area contributed by atoms with E-state index in [1.54, 1.807) is 0 Å². The molecule has 3 heterocycles. The molecular weight excluding hydrogens is 418 g/mol. The highest BCUT2D eigenvalue weighted by Crippen LogP contribution is 2.51. The van der Waals surface area contributed by atoms with Crippen molar-refractivity contribution in [2.45, 2.75) is 32.2 Å². The number of hydrogen-bond donors (Lipinski definition) is 1. The van der Waals surface area contributed by atoms with Gasteiger partial charge >= 0.3 is 0 Å². The van der Waals surface area contributed by atoms with Crippen LogP contribution in [0.25, 0.3) is 16.9 Å². The molecule has 1 aliphatic heterocycles. The lowest BCUT2D eigenvalue weighted by molar-refractivity contribution is 0.187. The van der Waals surface area contributed by atoms with Gasteiger partial charge in [0.15, 0.2) is 5.82 Å². The van der Waals surface area contributed by atoms with Gasteiger partial charge in [-0.3, -0.25) is 4.40 Å². The summed E-state index contributed by atoms with van der Waals surface area (Å²) in [6.07, 6.45) is 9.01. The van der Waals surface area contributed by atoms with Crippen molar-refractivity contribution in [1.29, 1.82) is 0 Å². The van der Waals surface area contributed by atoms with E-state index in [0.717, 1.165) is 65.7 Å². The van der Waals surface area contributed by atoms with Crippen LogP contribution in [-0.4, -0.2) is 27.5 Å². The summed E-state index contributed by atoms with van der Waals surface area (Å²) >= 11 is 6.37. The van der Waals surface area contributed by atoms with Crippen LogP contribution in [0, 0.1) is 12.3 Å². The normalized spacial score (nSPS) is 19.6. The number of hydrogen-bond acceptors (Lipinski definition) is 4. The largest absolute Gasteiger partial charge is 0.355 e. The van der Waals surface area contributed by atoms with Gasteiger partial charge in [-0.2, -0.15) is 0 Å². The van der Waals surface area contributed by atoms with E-state index in [2.05, 4.69) is 39.6 Å². The molecule has 32 heavy (non-hydrogen) atoms. The lowest BCUT2D eigenvalue weighted by atomic mass is 9.73. The molecule has 5 nitrogen and oxygen atoms in total. The van der Waals surface area contributed by atoms with Gasteiger partial charge in [0.1, 0.15) is 11.3 Å². The highest BCUT2D eigenvalue weighted by Gasteiger charge is 2.46. The first kappa shape index (κ1) is 19.8. The number of benzene rings is 2. The highest BCUT2D eigenvalue weighted by atomic mass is 35.5. The molecule has 6 heteroatoms. The molecule has 0 radical (unpaired) electrons. The van der Waals surface area contributed by atoms with Crippen molar-refractivity contribution in [2.75, 3.05) is 18.0 Å². The smallest absolute Gasteiger partial charge is 0.154 e. The van der Waals surface area contributed by atoms with E-state index in [9.17, 15) is 0 Å². The van der Waals surface area contributed by atoms with Crippen LogP contribution in [0.15, 0.2) is 61.1 Å². The molecule has 1 spiro atoms. The van der Waals surface area contributed by atoms with E-state index >= 15 is 0 Å². The van der Waals surface area contributed by atoms with Crippen molar-refractivity contribution in [3.8, 4) is 11.4 Å². The average Bonchev–Trinajstić information content (AvgIpc) is 3.36. The Bertz CT molecular complexity index is 1320. The number of piperidine rings is 1. The topological polar surface area (TPSA) is 59.5 Å². The second kappa shape index (κ2) is 7.32. The molecule has 4 aromatic rings. The van der Waals surface area contributed by atoms with Crippen LogP contribution in [0.4, 0.5) is 5.82 Å². The van der Waals surface area contributed by atoms with Crippen molar-refractivity contribution in [3.05, 3.63) is 82.8 Å². The number of nitrogens with two attached hydrogens (primary N) is 1. The quantitative estimate of drug-likeness (QED) is 0.462. The average molecular weight is 444 g/mol. The Morgan fingerprint density at radius 2 is 1.88 bits per heavy atom. The van der Waals surface area contributed by atoms with Crippen LogP contribution in [0.2, 0.25) is 5.02 Å². The predicted octanol–water partition coefficient (Wildman–Crippen LogP) is 5.20. The van der Waals surface area contributed by atoms with Crippen LogP contribution in [0.1, 0.15) is 35.6 Å². The zero-order chi connectivity index (χ0) is 21.9. The van der Waals surface area contributed by atoms with Crippen molar-refractivity contribution >= 4 is 22.9 Å². The molecule has 1 saturated heterocycles. The van der Waals surface area contributed by atoms with Gasteiger partial charge in [-0.15, -0.1) is 0 Å². The van der Waals surface area contributed by atoms with Gasteiger partial charge in [0, 0.05) is 42.1 Å². The van der Waals surface area contributed by atoms with E-state index in [1.165, 1.54) is 11.1 Å². The zero-order valence-corrected chi connectivity index (χ0v) is 18.9. The van der Waals surface area contributed by atoms with Crippen molar-refractivity contribution in [3.63, 3.8) is 0 Å². The number of aromatic nitrogens is 3. The lowest BCUT2D eigenvalue weighted by Crippen LogP contribution is -2.44. The first-order chi connectivity index (χ1) is 15.6. The Labute approximate surface area is 192 Å². The van der Waals surface area contributed by atoms with Gasteiger partial charge in [0.05, 0.1) is 6.20 Å². The third kappa shape index (κ3) is 2.88. The molecule has 0 saturated carbocycles. The number of anilines is 1. The fraction of sp³-hybridized carbons (Fsp3) is 0.308. The van der Waals surface area contributed by atoms with Gasteiger partial charge in [-0.25, -0.2) is 9.97 Å². The van der Waals surface area contributed by atoms with Crippen LogP contribution in [0.5, 0.6) is 0 Å². The van der Waals surface area contributed by atoms with E-state index in [1.807, 2.05) is 37.6 Å². The summed E-state index contributed by atoms with van der Waals surface area (Å²) < 4.78 is 2.13. The molecule has 2 aliphatic rings. The summed E-state index contributed by atoms with van der Waals surface area (Å²) in [7, 11) is 0.